The van der Waals surface area contributed by atoms with Crippen molar-refractivity contribution in [1.29, 1.82) is 0 Å². The maximum atomic E-state index is 13.5. The predicted molar refractivity (Wildman–Crippen MR) is 196 cm³/mol. The number of hydrogen-bond donors (Lipinski definition) is 14. The molecule has 0 aliphatic rings. The highest BCUT2D eigenvalue weighted by molar-refractivity contribution is 5.97. The SMILES string of the molecule is CC(C)C[C@H](NC(=O)[C@@H](NC(=O)[C@H](CO)NC(=O)[C@H](CO)NC(=O)[C@@H](N)CCC(N)=O)[C@@H](C)O)C(=O)N[C@H](C(=O)N[C@@H](CCCN=C(N)N)C(=O)O)C(C)C. The second-order valence-corrected chi connectivity index (χ2v) is 13.6. The zero-order chi connectivity index (χ0) is 42.6. The molecule has 0 unspecified atom stereocenters. The van der Waals surface area contributed by atoms with Gasteiger partial charge in [-0.05, 0) is 44.4 Å². The second-order valence-electron chi connectivity index (χ2n) is 13.6. The molecule has 0 radical (unpaired) electrons. The number of amides is 7. The quantitative estimate of drug-likeness (QED) is 0.0220. The summed E-state index contributed by atoms with van der Waals surface area (Å²) in [7, 11) is 0. The van der Waals surface area contributed by atoms with Crippen molar-refractivity contribution in [1.82, 2.24) is 31.9 Å². The first-order valence-electron chi connectivity index (χ1n) is 17.6. The zero-order valence-corrected chi connectivity index (χ0v) is 31.7. The van der Waals surface area contributed by atoms with E-state index in [4.69, 9.17) is 22.9 Å². The van der Waals surface area contributed by atoms with Crippen LogP contribution in [-0.2, 0) is 38.4 Å². The number of nitrogens with one attached hydrogen (secondary N) is 6. The first-order chi connectivity index (χ1) is 25.5. The van der Waals surface area contributed by atoms with Crippen LogP contribution in [0.1, 0.15) is 66.7 Å². The number of aliphatic hydroxyl groups excluding tert-OH is 3. The first kappa shape index (κ1) is 49.9. The Bertz CT molecular complexity index is 1360. The van der Waals surface area contributed by atoms with E-state index in [1.165, 1.54) is 0 Å². The molecule has 0 aromatic rings. The van der Waals surface area contributed by atoms with Crippen LogP contribution in [0.2, 0.25) is 0 Å². The van der Waals surface area contributed by atoms with E-state index in [0.717, 1.165) is 6.92 Å². The lowest BCUT2D eigenvalue weighted by Crippen LogP contribution is -2.62. The van der Waals surface area contributed by atoms with Crippen molar-refractivity contribution in [2.24, 2.45) is 39.8 Å². The number of primary amides is 1. The first-order valence-corrected chi connectivity index (χ1v) is 17.6. The number of aliphatic hydroxyl groups is 3. The molecular formula is C32H59N11O12. The molecule has 18 N–H and O–H groups in total. The van der Waals surface area contributed by atoms with Crippen molar-refractivity contribution in [3.8, 4) is 0 Å². The largest absolute Gasteiger partial charge is 0.480 e. The number of rotatable bonds is 26. The molecule has 0 heterocycles. The van der Waals surface area contributed by atoms with Crippen LogP contribution < -0.4 is 54.8 Å². The topological polar surface area (TPSA) is 406 Å². The third-order valence-electron chi connectivity index (χ3n) is 7.88. The fraction of sp³-hybridized carbons (Fsp3) is 0.719. The number of carboxylic acid groups (broad SMARTS) is 1. The fourth-order valence-corrected chi connectivity index (χ4v) is 4.80. The van der Waals surface area contributed by atoms with Crippen LogP contribution >= 0.6 is 0 Å². The highest BCUT2D eigenvalue weighted by Gasteiger charge is 2.35. The van der Waals surface area contributed by atoms with Gasteiger partial charge in [0.25, 0.3) is 0 Å². The lowest BCUT2D eigenvalue weighted by atomic mass is 9.99. The highest BCUT2D eigenvalue weighted by Crippen LogP contribution is 2.10. The normalized spacial score (nSPS) is 15.5. The number of carbonyl (C=O) groups excluding carboxylic acids is 7. The Morgan fingerprint density at radius 3 is 1.53 bits per heavy atom. The summed E-state index contributed by atoms with van der Waals surface area (Å²) < 4.78 is 0. The lowest BCUT2D eigenvalue weighted by Gasteiger charge is -2.29. The standard InChI is InChI=1S/C32H59N11O12/c1-14(2)11-19(26(49)42-23(15(3)4)29(52)38-18(31(54)55)7-6-10-37-32(35)36)39-30(53)24(16(5)46)43-28(51)21(13-45)41-27(50)20(12-44)40-25(48)17(33)8-9-22(34)47/h14-21,23-24,44-46H,6-13,33H2,1-5H3,(H2,34,47)(H,38,52)(H,39,53)(H,40,48)(H,41,50)(H,42,49)(H,43,51)(H,54,55)(H4,35,36,37)/t16-,17+,18+,19+,20+,21+,23+,24+/m1/s1. The van der Waals surface area contributed by atoms with Gasteiger partial charge in [0.1, 0.15) is 36.3 Å². The number of aliphatic carboxylic acids is 1. The van der Waals surface area contributed by atoms with E-state index < -0.39 is 115 Å². The van der Waals surface area contributed by atoms with Crippen LogP contribution in [0.25, 0.3) is 0 Å². The fourth-order valence-electron chi connectivity index (χ4n) is 4.80. The van der Waals surface area contributed by atoms with E-state index in [0.29, 0.717) is 0 Å². The van der Waals surface area contributed by atoms with Crippen LogP contribution in [0.15, 0.2) is 4.99 Å². The summed E-state index contributed by atoms with van der Waals surface area (Å²) in [6.07, 6.45) is -1.77. The van der Waals surface area contributed by atoms with E-state index in [1.54, 1.807) is 27.7 Å². The third-order valence-corrected chi connectivity index (χ3v) is 7.88. The summed E-state index contributed by atoms with van der Waals surface area (Å²) in [5, 5.41) is 53.3. The van der Waals surface area contributed by atoms with E-state index in [-0.39, 0.29) is 50.5 Å². The summed E-state index contributed by atoms with van der Waals surface area (Å²) in [6.45, 7) is 5.93. The van der Waals surface area contributed by atoms with Gasteiger partial charge in [-0.3, -0.25) is 38.6 Å². The van der Waals surface area contributed by atoms with Gasteiger partial charge < -0.3 is 75.3 Å². The number of aliphatic imine (C=N–C) groups is 1. The number of carbonyl (C=O) groups is 8. The molecule has 0 aromatic carbocycles. The molecule has 7 amide bonds. The van der Waals surface area contributed by atoms with Crippen LogP contribution in [-0.4, -0.2) is 142 Å². The molecule has 0 fully saturated rings. The van der Waals surface area contributed by atoms with E-state index in [1.807, 2.05) is 0 Å². The minimum Gasteiger partial charge on any atom is -0.480 e. The molecule has 55 heavy (non-hydrogen) atoms. The Labute approximate surface area is 318 Å². The van der Waals surface area contributed by atoms with Crippen molar-refractivity contribution in [3.63, 3.8) is 0 Å². The summed E-state index contributed by atoms with van der Waals surface area (Å²) >= 11 is 0. The number of hydrogen-bond acceptors (Lipinski definition) is 13. The van der Waals surface area contributed by atoms with Crippen LogP contribution in [0.4, 0.5) is 0 Å². The minimum atomic E-state index is -1.77. The summed E-state index contributed by atoms with van der Waals surface area (Å²) in [5.41, 5.74) is 21.3. The van der Waals surface area contributed by atoms with Gasteiger partial charge in [-0.1, -0.05) is 27.7 Å². The number of guanidine groups is 1. The molecule has 0 saturated heterocycles. The van der Waals surface area contributed by atoms with Crippen molar-refractivity contribution in [2.75, 3.05) is 19.8 Å². The molecule has 314 valence electrons. The molecule has 0 aliphatic carbocycles. The third kappa shape index (κ3) is 19.2. The molecular weight excluding hydrogens is 730 g/mol. The van der Waals surface area contributed by atoms with Gasteiger partial charge in [-0.15, -0.1) is 0 Å². The Kier molecular flexibility index (Phi) is 22.7. The molecule has 23 heteroatoms. The summed E-state index contributed by atoms with van der Waals surface area (Å²) in [6, 6.07) is -10.4. The molecule has 0 spiro atoms. The molecule has 0 saturated carbocycles. The van der Waals surface area contributed by atoms with Gasteiger partial charge in [-0.25, -0.2) is 4.79 Å². The van der Waals surface area contributed by atoms with Gasteiger partial charge in [0.2, 0.25) is 41.4 Å². The minimum absolute atomic E-state index is 0.0167. The molecule has 0 bridgehead atoms. The van der Waals surface area contributed by atoms with Crippen LogP contribution in [0.5, 0.6) is 0 Å². The maximum Gasteiger partial charge on any atom is 0.326 e. The molecule has 8 atom stereocenters. The van der Waals surface area contributed by atoms with Crippen molar-refractivity contribution < 1.29 is 58.8 Å². The van der Waals surface area contributed by atoms with Gasteiger partial charge >= 0.3 is 5.97 Å². The summed E-state index contributed by atoms with van der Waals surface area (Å²) in [5.74, 6) is -8.94. The Balaban J connectivity index is 5.86. The Hall–Kier alpha value is -5.13. The average Bonchev–Trinajstić information content (AvgIpc) is 3.09. The molecule has 0 aromatic heterocycles. The van der Waals surface area contributed by atoms with Crippen molar-refractivity contribution in [3.05, 3.63) is 0 Å². The molecule has 23 nitrogen and oxygen atoms in total. The second kappa shape index (κ2) is 25.0. The lowest BCUT2D eigenvalue weighted by molar-refractivity contribution is -0.143. The van der Waals surface area contributed by atoms with Gasteiger partial charge in [0.15, 0.2) is 5.96 Å². The van der Waals surface area contributed by atoms with E-state index in [9.17, 15) is 58.8 Å². The Morgan fingerprint density at radius 2 is 1.07 bits per heavy atom. The van der Waals surface area contributed by atoms with Crippen molar-refractivity contribution in [2.45, 2.75) is 115 Å². The number of nitrogens with zero attached hydrogens (tertiary/aromatic N) is 1. The van der Waals surface area contributed by atoms with Crippen molar-refractivity contribution >= 4 is 53.3 Å². The van der Waals surface area contributed by atoms with E-state index >= 15 is 0 Å². The number of nitrogens with two attached hydrogens (primary N) is 4. The van der Waals surface area contributed by atoms with Gasteiger partial charge in [0, 0.05) is 13.0 Å². The monoisotopic (exact) mass is 789 g/mol. The van der Waals surface area contributed by atoms with Gasteiger partial charge in [-0.2, -0.15) is 0 Å². The van der Waals surface area contributed by atoms with E-state index in [2.05, 4.69) is 36.9 Å². The molecule has 0 aliphatic heterocycles. The number of carboxylic acids is 1. The maximum absolute atomic E-state index is 13.5. The van der Waals surface area contributed by atoms with Crippen LogP contribution in [0, 0.1) is 11.8 Å². The smallest absolute Gasteiger partial charge is 0.326 e. The highest BCUT2D eigenvalue weighted by atomic mass is 16.4. The average molecular weight is 790 g/mol. The predicted octanol–water partition coefficient (Wildman–Crippen LogP) is -6.31. The van der Waals surface area contributed by atoms with Crippen LogP contribution in [0.3, 0.4) is 0 Å². The zero-order valence-electron chi connectivity index (χ0n) is 31.7. The molecule has 0 rings (SSSR count). The Morgan fingerprint density at radius 1 is 0.618 bits per heavy atom. The summed E-state index contributed by atoms with van der Waals surface area (Å²) in [4.78, 5) is 105. The van der Waals surface area contributed by atoms with Gasteiger partial charge in [0.05, 0.1) is 25.4 Å².